The highest BCUT2D eigenvalue weighted by atomic mass is 16.1. The molecule has 0 radical (unpaired) electrons. The van der Waals surface area contributed by atoms with E-state index in [1.165, 1.54) is 4.80 Å². The van der Waals surface area contributed by atoms with E-state index in [0.717, 1.165) is 5.56 Å². The van der Waals surface area contributed by atoms with Crippen LogP contribution in [0.2, 0.25) is 0 Å². The van der Waals surface area contributed by atoms with E-state index in [-0.39, 0.29) is 12.3 Å². The Morgan fingerprint density at radius 2 is 2.38 bits per heavy atom. The second kappa shape index (κ2) is 4.47. The molecule has 0 saturated carbocycles. The molecule has 2 rings (SSSR count). The number of tetrazole rings is 1. The van der Waals surface area contributed by atoms with E-state index in [1.54, 1.807) is 18.5 Å². The molecule has 2 aromatic heterocycles. The molecule has 2 aromatic rings. The summed E-state index contributed by atoms with van der Waals surface area (Å²) in [7, 11) is 0. The van der Waals surface area contributed by atoms with E-state index in [1.807, 2.05) is 6.07 Å². The van der Waals surface area contributed by atoms with Crippen LogP contribution in [0.5, 0.6) is 0 Å². The standard InChI is InChI=1S/C9H10N6O/c10-8(16)3-5-15-13-9(12-14-15)7-2-1-4-11-6-7/h1-2,4,6H,3,5H2,(H2,10,16). The second-order valence-electron chi connectivity index (χ2n) is 3.17. The van der Waals surface area contributed by atoms with Gasteiger partial charge in [0.1, 0.15) is 0 Å². The van der Waals surface area contributed by atoms with Gasteiger partial charge in [0.15, 0.2) is 0 Å². The summed E-state index contributed by atoms with van der Waals surface area (Å²) in [6, 6.07) is 3.63. The summed E-state index contributed by atoms with van der Waals surface area (Å²) >= 11 is 0. The quantitative estimate of drug-likeness (QED) is 0.753. The van der Waals surface area contributed by atoms with Gasteiger partial charge in [0.05, 0.1) is 6.54 Å². The van der Waals surface area contributed by atoms with Crippen molar-refractivity contribution in [1.29, 1.82) is 0 Å². The lowest BCUT2D eigenvalue weighted by atomic mass is 10.3. The topological polar surface area (TPSA) is 99.6 Å². The van der Waals surface area contributed by atoms with Crippen LogP contribution in [0.15, 0.2) is 24.5 Å². The van der Waals surface area contributed by atoms with Gasteiger partial charge in [0.25, 0.3) is 0 Å². The molecule has 0 bridgehead atoms. The highest BCUT2D eigenvalue weighted by molar-refractivity contribution is 5.73. The summed E-state index contributed by atoms with van der Waals surface area (Å²) in [6.07, 6.45) is 3.51. The number of carbonyl (C=O) groups excluding carboxylic acids is 1. The highest BCUT2D eigenvalue weighted by Gasteiger charge is 2.05. The first-order chi connectivity index (χ1) is 7.75. The molecule has 2 N–H and O–H groups in total. The van der Waals surface area contributed by atoms with Gasteiger partial charge in [-0.15, -0.1) is 10.2 Å². The third-order valence-electron chi connectivity index (χ3n) is 1.93. The van der Waals surface area contributed by atoms with Crippen molar-refractivity contribution in [2.24, 2.45) is 5.73 Å². The zero-order chi connectivity index (χ0) is 11.4. The van der Waals surface area contributed by atoms with Gasteiger partial charge < -0.3 is 5.73 Å². The van der Waals surface area contributed by atoms with Gasteiger partial charge in [-0.25, -0.2) is 0 Å². The zero-order valence-electron chi connectivity index (χ0n) is 8.45. The molecule has 82 valence electrons. The van der Waals surface area contributed by atoms with Crippen molar-refractivity contribution < 1.29 is 4.79 Å². The van der Waals surface area contributed by atoms with Gasteiger partial charge in [-0.2, -0.15) is 4.80 Å². The van der Waals surface area contributed by atoms with Crippen LogP contribution in [0.4, 0.5) is 0 Å². The fourth-order valence-corrected chi connectivity index (χ4v) is 1.16. The molecule has 7 heteroatoms. The van der Waals surface area contributed by atoms with Crippen LogP contribution < -0.4 is 5.73 Å². The number of hydrogen-bond donors (Lipinski definition) is 1. The maximum Gasteiger partial charge on any atom is 0.219 e. The van der Waals surface area contributed by atoms with Crippen molar-refractivity contribution >= 4 is 5.91 Å². The fraction of sp³-hybridized carbons (Fsp3) is 0.222. The monoisotopic (exact) mass is 218 g/mol. The summed E-state index contributed by atoms with van der Waals surface area (Å²) < 4.78 is 0. The number of amides is 1. The zero-order valence-corrected chi connectivity index (χ0v) is 8.45. The fourth-order valence-electron chi connectivity index (χ4n) is 1.16. The molecule has 0 aliphatic rings. The Bertz CT molecular complexity index is 480. The van der Waals surface area contributed by atoms with Gasteiger partial charge >= 0.3 is 0 Å². The van der Waals surface area contributed by atoms with Crippen LogP contribution in [0, 0.1) is 0 Å². The first kappa shape index (κ1) is 10.2. The lowest BCUT2D eigenvalue weighted by Gasteiger charge is -1.94. The van der Waals surface area contributed by atoms with Gasteiger partial charge in [-0.05, 0) is 17.3 Å². The number of hydrogen-bond acceptors (Lipinski definition) is 5. The molecule has 1 amide bonds. The van der Waals surface area contributed by atoms with Crippen LogP contribution in [0.25, 0.3) is 11.4 Å². The summed E-state index contributed by atoms with van der Waals surface area (Å²) in [5.41, 5.74) is 5.81. The first-order valence-corrected chi connectivity index (χ1v) is 4.72. The van der Waals surface area contributed by atoms with E-state index in [0.29, 0.717) is 12.4 Å². The van der Waals surface area contributed by atoms with Crippen LogP contribution in [0.3, 0.4) is 0 Å². The second-order valence-corrected chi connectivity index (χ2v) is 3.17. The molecule has 0 atom stereocenters. The normalized spacial score (nSPS) is 10.2. The van der Waals surface area contributed by atoms with E-state index >= 15 is 0 Å². The summed E-state index contributed by atoms with van der Waals surface area (Å²) in [4.78, 5) is 15.9. The van der Waals surface area contributed by atoms with Crippen molar-refractivity contribution in [3.05, 3.63) is 24.5 Å². The number of carbonyl (C=O) groups is 1. The maximum absolute atomic E-state index is 10.6. The highest BCUT2D eigenvalue weighted by Crippen LogP contribution is 2.10. The lowest BCUT2D eigenvalue weighted by molar-refractivity contribution is -0.118. The first-order valence-electron chi connectivity index (χ1n) is 4.72. The van der Waals surface area contributed by atoms with Gasteiger partial charge in [-0.1, -0.05) is 0 Å². The van der Waals surface area contributed by atoms with E-state index in [2.05, 4.69) is 20.4 Å². The Morgan fingerprint density at radius 3 is 3.06 bits per heavy atom. The van der Waals surface area contributed by atoms with Gasteiger partial charge in [0, 0.05) is 24.4 Å². The third-order valence-corrected chi connectivity index (χ3v) is 1.93. The van der Waals surface area contributed by atoms with Crippen molar-refractivity contribution in [1.82, 2.24) is 25.2 Å². The molecule has 0 unspecified atom stereocenters. The molecule has 0 aliphatic heterocycles. The molecule has 0 aliphatic carbocycles. The van der Waals surface area contributed by atoms with E-state index < -0.39 is 0 Å². The average Bonchev–Trinajstić information content (AvgIpc) is 2.76. The molecule has 0 aromatic carbocycles. The molecule has 0 saturated heterocycles. The van der Waals surface area contributed by atoms with Gasteiger partial charge in [0.2, 0.25) is 11.7 Å². The lowest BCUT2D eigenvalue weighted by Crippen LogP contribution is -2.15. The molecule has 16 heavy (non-hydrogen) atoms. The molecule has 0 spiro atoms. The van der Waals surface area contributed by atoms with Crippen molar-refractivity contribution in [2.45, 2.75) is 13.0 Å². The Kier molecular flexibility index (Phi) is 2.86. The molecule has 0 fully saturated rings. The SMILES string of the molecule is NC(=O)CCn1nnc(-c2cccnc2)n1. The van der Waals surface area contributed by atoms with Crippen molar-refractivity contribution in [2.75, 3.05) is 0 Å². The smallest absolute Gasteiger partial charge is 0.219 e. The number of rotatable bonds is 4. The Morgan fingerprint density at radius 1 is 1.50 bits per heavy atom. The van der Waals surface area contributed by atoms with E-state index in [4.69, 9.17) is 5.73 Å². The average molecular weight is 218 g/mol. The minimum Gasteiger partial charge on any atom is -0.370 e. The summed E-state index contributed by atoms with van der Waals surface area (Å²) in [5.74, 6) is 0.0952. The predicted molar refractivity (Wildman–Crippen MR) is 54.9 cm³/mol. The molecule has 7 nitrogen and oxygen atoms in total. The number of aromatic nitrogens is 5. The maximum atomic E-state index is 10.6. The Balaban J connectivity index is 2.11. The Labute approximate surface area is 91.3 Å². The number of nitrogens with two attached hydrogens (primary N) is 1. The van der Waals surface area contributed by atoms with Crippen molar-refractivity contribution in [3.63, 3.8) is 0 Å². The van der Waals surface area contributed by atoms with E-state index in [9.17, 15) is 4.79 Å². The van der Waals surface area contributed by atoms with Crippen LogP contribution in [-0.4, -0.2) is 31.1 Å². The number of nitrogens with zero attached hydrogens (tertiary/aromatic N) is 5. The van der Waals surface area contributed by atoms with Gasteiger partial charge in [-0.3, -0.25) is 9.78 Å². The Hall–Kier alpha value is -2.31. The van der Waals surface area contributed by atoms with Crippen molar-refractivity contribution in [3.8, 4) is 11.4 Å². The summed E-state index contributed by atoms with van der Waals surface area (Å²) in [5, 5.41) is 11.8. The van der Waals surface area contributed by atoms with Crippen LogP contribution >= 0.6 is 0 Å². The minimum absolute atomic E-state index is 0.197. The third kappa shape index (κ3) is 2.38. The van der Waals surface area contributed by atoms with Crippen LogP contribution in [-0.2, 0) is 11.3 Å². The number of aryl methyl sites for hydroxylation is 1. The van der Waals surface area contributed by atoms with Crippen LogP contribution in [0.1, 0.15) is 6.42 Å². The predicted octanol–water partition coefficient (Wildman–Crippen LogP) is -0.390. The molecular formula is C9H10N6O. The summed E-state index contributed by atoms with van der Waals surface area (Å²) in [6.45, 7) is 0.336. The molecular weight excluding hydrogens is 208 g/mol. The number of pyridine rings is 1. The molecule has 2 heterocycles. The largest absolute Gasteiger partial charge is 0.370 e. The minimum atomic E-state index is -0.389. The number of primary amides is 1.